The average Bonchev–Trinajstić information content (AvgIpc) is 2.81. The van der Waals surface area contributed by atoms with Gasteiger partial charge in [-0.3, -0.25) is 0 Å². The van der Waals surface area contributed by atoms with Gasteiger partial charge in [0.2, 0.25) is 0 Å². The summed E-state index contributed by atoms with van der Waals surface area (Å²) in [4.78, 5) is 0. The van der Waals surface area contributed by atoms with E-state index >= 15 is 0 Å². The van der Waals surface area contributed by atoms with Crippen LogP contribution in [0.3, 0.4) is 0 Å². The molecule has 0 N–H and O–H groups in total. The van der Waals surface area contributed by atoms with Crippen LogP contribution in [0.15, 0.2) is 24.3 Å². The minimum atomic E-state index is 0.660. The number of fused-ring (bicyclic) bond motifs is 1. The van der Waals surface area contributed by atoms with E-state index in [4.69, 9.17) is 4.74 Å². The van der Waals surface area contributed by atoms with Crippen molar-refractivity contribution in [2.24, 2.45) is 5.92 Å². The molecule has 1 aromatic rings. The van der Waals surface area contributed by atoms with Gasteiger partial charge >= 0.3 is 0 Å². The number of rotatable bonds is 3. The summed E-state index contributed by atoms with van der Waals surface area (Å²) in [7, 11) is 0. The summed E-state index contributed by atoms with van der Waals surface area (Å²) in [5.74, 6) is 2.78. The van der Waals surface area contributed by atoms with E-state index in [-0.39, 0.29) is 0 Å². The standard InChI is InChI=1S/C16H22O/c1-2-6-13(7-3-1)10-11-14-12-17-16-9-5-4-8-15(14)16/h4-5,8-9,13-14H,1-3,6-7,10-12H2/t14-/m1/s1. The molecule has 0 aromatic heterocycles. The summed E-state index contributed by atoms with van der Waals surface area (Å²) in [5.41, 5.74) is 1.45. The van der Waals surface area contributed by atoms with Gasteiger partial charge in [0.1, 0.15) is 5.75 Å². The maximum Gasteiger partial charge on any atom is 0.122 e. The van der Waals surface area contributed by atoms with Crippen molar-refractivity contribution >= 4 is 0 Å². The van der Waals surface area contributed by atoms with Gasteiger partial charge in [0, 0.05) is 11.5 Å². The lowest BCUT2D eigenvalue weighted by Gasteiger charge is -2.22. The van der Waals surface area contributed by atoms with Crippen molar-refractivity contribution in [3.63, 3.8) is 0 Å². The third-order valence-electron chi connectivity index (χ3n) is 4.45. The lowest BCUT2D eigenvalue weighted by atomic mass is 9.83. The van der Waals surface area contributed by atoms with Crippen LogP contribution in [0.5, 0.6) is 5.75 Å². The van der Waals surface area contributed by atoms with Gasteiger partial charge in [0.05, 0.1) is 6.61 Å². The van der Waals surface area contributed by atoms with Gasteiger partial charge < -0.3 is 4.74 Å². The smallest absolute Gasteiger partial charge is 0.122 e. The van der Waals surface area contributed by atoms with Crippen molar-refractivity contribution in [1.82, 2.24) is 0 Å². The molecular weight excluding hydrogens is 208 g/mol. The second-order valence-corrected chi connectivity index (χ2v) is 5.63. The fourth-order valence-corrected chi connectivity index (χ4v) is 3.38. The highest BCUT2D eigenvalue weighted by Gasteiger charge is 2.24. The van der Waals surface area contributed by atoms with Crippen molar-refractivity contribution in [3.05, 3.63) is 29.8 Å². The van der Waals surface area contributed by atoms with Crippen LogP contribution in [-0.2, 0) is 0 Å². The molecule has 0 radical (unpaired) electrons. The van der Waals surface area contributed by atoms with E-state index in [0.29, 0.717) is 5.92 Å². The van der Waals surface area contributed by atoms with Gasteiger partial charge in [-0.2, -0.15) is 0 Å². The Morgan fingerprint density at radius 1 is 1.00 bits per heavy atom. The summed E-state index contributed by atoms with van der Waals surface area (Å²) >= 11 is 0. The van der Waals surface area contributed by atoms with Crippen molar-refractivity contribution in [2.45, 2.75) is 50.9 Å². The molecule has 1 fully saturated rings. The molecule has 1 aliphatic heterocycles. The highest BCUT2D eigenvalue weighted by Crippen LogP contribution is 2.38. The Balaban J connectivity index is 1.56. The predicted molar refractivity (Wildman–Crippen MR) is 70.5 cm³/mol. The topological polar surface area (TPSA) is 9.23 Å². The zero-order chi connectivity index (χ0) is 11.5. The Labute approximate surface area is 104 Å². The molecule has 3 rings (SSSR count). The minimum absolute atomic E-state index is 0.660. The molecule has 1 heterocycles. The first-order valence-electron chi connectivity index (χ1n) is 7.15. The fraction of sp³-hybridized carbons (Fsp3) is 0.625. The second-order valence-electron chi connectivity index (χ2n) is 5.63. The Hall–Kier alpha value is -0.980. The van der Waals surface area contributed by atoms with E-state index in [2.05, 4.69) is 24.3 Å². The summed E-state index contributed by atoms with van der Waals surface area (Å²) in [5, 5.41) is 0. The molecule has 92 valence electrons. The summed E-state index contributed by atoms with van der Waals surface area (Å²) in [6.07, 6.45) is 10.0. The maximum atomic E-state index is 5.75. The normalized spacial score (nSPS) is 24.4. The third-order valence-corrected chi connectivity index (χ3v) is 4.45. The monoisotopic (exact) mass is 230 g/mol. The molecule has 1 aliphatic carbocycles. The molecular formula is C16H22O. The minimum Gasteiger partial charge on any atom is -0.493 e. The molecule has 1 atom stereocenters. The average molecular weight is 230 g/mol. The molecule has 1 nitrogen and oxygen atoms in total. The largest absolute Gasteiger partial charge is 0.493 e. The SMILES string of the molecule is c1ccc2c(c1)OC[C@H]2CCC1CCCCC1. The lowest BCUT2D eigenvalue weighted by molar-refractivity contribution is 0.291. The molecule has 0 spiro atoms. The van der Waals surface area contributed by atoms with E-state index < -0.39 is 0 Å². The van der Waals surface area contributed by atoms with Crippen LogP contribution in [0.1, 0.15) is 56.4 Å². The molecule has 1 saturated carbocycles. The first kappa shape index (κ1) is 11.1. The quantitative estimate of drug-likeness (QED) is 0.741. The molecule has 17 heavy (non-hydrogen) atoms. The lowest BCUT2D eigenvalue weighted by Crippen LogP contribution is -2.09. The van der Waals surface area contributed by atoms with Gasteiger partial charge in [0.25, 0.3) is 0 Å². The van der Waals surface area contributed by atoms with Gasteiger partial charge in [0.15, 0.2) is 0 Å². The summed E-state index contributed by atoms with van der Waals surface area (Å²) in [6, 6.07) is 8.56. The molecule has 0 bridgehead atoms. The zero-order valence-corrected chi connectivity index (χ0v) is 10.5. The van der Waals surface area contributed by atoms with E-state index in [0.717, 1.165) is 18.3 Å². The van der Waals surface area contributed by atoms with Crippen LogP contribution in [0.2, 0.25) is 0 Å². The fourth-order valence-electron chi connectivity index (χ4n) is 3.38. The van der Waals surface area contributed by atoms with Gasteiger partial charge in [-0.15, -0.1) is 0 Å². The van der Waals surface area contributed by atoms with Crippen LogP contribution in [0, 0.1) is 5.92 Å². The summed E-state index contributed by atoms with van der Waals surface area (Å²) < 4.78 is 5.75. The van der Waals surface area contributed by atoms with Crippen LogP contribution in [0.25, 0.3) is 0 Å². The number of para-hydroxylation sites is 1. The van der Waals surface area contributed by atoms with Crippen molar-refractivity contribution in [2.75, 3.05) is 6.61 Å². The van der Waals surface area contributed by atoms with Gasteiger partial charge in [-0.1, -0.05) is 50.3 Å². The second kappa shape index (κ2) is 5.12. The maximum absolute atomic E-state index is 5.75. The highest BCUT2D eigenvalue weighted by molar-refractivity contribution is 5.39. The van der Waals surface area contributed by atoms with Crippen molar-refractivity contribution in [3.8, 4) is 5.75 Å². The number of benzene rings is 1. The molecule has 0 saturated heterocycles. The van der Waals surface area contributed by atoms with Crippen LogP contribution < -0.4 is 4.74 Å². The molecule has 1 heteroatoms. The molecule has 0 unspecified atom stereocenters. The van der Waals surface area contributed by atoms with Gasteiger partial charge in [-0.05, 0) is 24.8 Å². The Kier molecular flexibility index (Phi) is 3.35. The van der Waals surface area contributed by atoms with Crippen molar-refractivity contribution in [1.29, 1.82) is 0 Å². The van der Waals surface area contributed by atoms with Crippen LogP contribution in [0.4, 0.5) is 0 Å². The number of hydrogen-bond donors (Lipinski definition) is 0. The molecule has 0 amide bonds. The molecule has 1 aromatic carbocycles. The third kappa shape index (κ3) is 2.48. The Bertz CT molecular complexity index is 366. The van der Waals surface area contributed by atoms with E-state index in [1.165, 1.54) is 50.5 Å². The first-order chi connectivity index (χ1) is 8.43. The summed E-state index contributed by atoms with van der Waals surface area (Å²) in [6.45, 7) is 0.909. The zero-order valence-electron chi connectivity index (χ0n) is 10.5. The van der Waals surface area contributed by atoms with E-state index in [1.807, 2.05) is 0 Å². The van der Waals surface area contributed by atoms with Gasteiger partial charge in [-0.25, -0.2) is 0 Å². The Morgan fingerprint density at radius 2 is 1.82 bits per heavy atom. The Morgan fingerprint density at radius 3 is 2.71 bits per heavy atom. The van der Waals surface area contributed by atoms with E-state index in [9.17, 15) is 0 Å². The van der Waals surface area contributed by atoms with Crippen LogP contribution in [-0.4, -0.2) is 6.61 Å². The molecule has 2 aliphatic rings. The predicted octanol–water partition coefficient (Wildman–Crippen LogP) is 4.52. The number of ether oxygens (including phenoxy) is 1. The van der Waals surface area contributed by atoms with Crippen molar-refractivity contribution < 1.29 is 4.74 Å². The van der Waals surface area contributed by atoms with E-state index in [1.54, 1.807) is 0 Å². The highest BCUT2D eigenvalue weighted by atomic mass is 16.5. The first-order valence-corrected chi connectivity index (χ1v) is 7.15. The number of hydrogen-bond acceptors (Lipinski definition) is 1. The van der Waals surface area contributed by atoms with Crippen LogP contribution >= 0.6 is 0 Å².